The minimum absolute atomic E-state index is 0.0477. The fourth-order valence-corrected chi connectivity index (χ4v) is 2.10. The standard InChI is InChI=1S/C14H10BrN3O2/c1-9-2-4-11(15)6-13(9)17-12-5-3-10(8-16)14(7-12)18(19)20/h2-7,17H,1H3. The number of nitro benzene ring substituents is 1. The minimum atomic E-state index is -0.558. The first kappa shape index (κ1) is 14.0. The van der Waals surface area contributed by atoms with Crippen molar-refractivity contribution in [2.45, 2.75) is 6.92 Å². The molecule has 2 rings (SSSR count). The van der Waals surface area contributed by atoms with Gasteiger partial charge < -0.3 is 5.32 Å². The van der Waals surface area contributed by atoms with Gasteiger partial charge in [0, 0.05) is 21.9 Å². The Morgan fingerprint density at radius 1 is 1.30 bits per heavy atom. The van der Waals surface area contributed by atoms with E-state index in [2.05, 4.69) is 21.2 Å². The molecule has 20 heavy (non-hydrogen) atoms. The van der Waals surface area contributed by atoms with Crippen LogP contribution in [0.25, 0.3) is 0 Å². The Labute approximate surface area is 124 Å². The predicted molar refractivity (Wildman–Crippen MR) is 80.0 cm³/mol. The molecule has 0 saturated heterocycles. The lowest BCUT2D eigenvalue weighted by molar-refractivity contribution is -0.385. The second kappa shape index (κ2) is 5.72. The number of aryl methyl sites for hydroxylation is 1. The number of nitrogens with zero attached hydrogens (tertiary/aromatic N) is 2. The average molecular weight is 332 g/mol. The highest BCUT2D eigenvalue weighted by Crippen LogP contribution is 2.28. The molecule has 0 bridgehead atoms. The summed E-state index contributed by atoms with van der Waals surface area (Å²) in [5.74, 6) is 0. The Balaban J connectivity index is 2.40. The van der Waals surface area contributed by atoms with Gasteiger partial charge in [-0.25, -0.2) is 0 Å². The van der Waals surface area contributed by atoms with Crippen LogP contribution in [0.4, 0.5) is 17.1 Å². The van der Waals surface area contributed by atoms with Crippen molar-refractivity contribution in [3.8, 4) is 6.07 Å². The van der Waals surface area contributed by atoms with E-state index >= 15 is 0 Å². The van der Waals surface area contributed by atoms with Crippen LogP contribution in [0.15, 0.2) is 40.9 Å². The third kappa shape index (κ3) is 2.95. The number of nitriles is 1. The van der Waals surface area contributed by atoms with Gasteiger partial charge in [0.25, 0.3) is 5.69 Å². The zero-order chi connectivity index (χ0) is 14.7. The number of anilines is 2. The van der Waals surface area contributed by atoms with E-state index in [-0.39, 0.29) is 11.3 Å². The Morgan fingerprint density at radius 3 is 2.70 bits per heavy atom. The molecule has 2 aromatic rings. The molecule has 5 nitrogen and oxygen atoms in total. The van der Waals surface area contributed by atoms with Crippen LogP contribution in [0.3, 0.4) is 0 Å². The van der Waals surface area contributed by atoms with Crippen molar-refractivity contribution in [3.05, 3.63) is 62.1 Å². The molecular formula is C14H10BrN3O2. The van der Waals surface area contributed by atoms with Crippen LogP contribution in [0.1, 0.15) is 11.1 Å². The second-order valence-electron chi connectivity index (χ2n) is 4.19. The molecule has 0 aromatic heterocycles. The Kier molecular flexibility index (Phi) is 4.01. The smallest absolute Gasteiger partial charge is 0.289 e. The Bertz CT molecular complexity index is 723. The number of nitro groups is 1. The number of hydrogen-bond donors (Lipinski definition) is 1. The van der Waals surface area contributed by atoms with Crippen LogP contribution < -0.4 is 5.32 Å². The van der Waals surface area contributed by atoms with Gasteiger partial charge >= 0.3 is 0 Å². The predicted octanol–water partition coefficient (Wildman–Crippen LogP) is 4.28. The molecule has 0 heterocycles. The zero-order valence-corrected chi connectivity index (χ0v) is 12.1. The fraction of sp³-hybridized carbons (Fsp3) is 0.0714. The molecule has 0 aliphatic carbocycles. The summed E-state index contributed by atoms with van der Waals surface area (Å²) in [5, 5.41) is 22.9. The van der Waals surface area contributed by atoms with Crippen molar-refractivity contribution in [2.75, 3.05) is 5.32 Å². The van der Waals surface area contributed by atoms with E-state index in [1.54, 1.807) is 6.07 Å². The number of nitrogens with one attached hydrogen (secondary N) is 1. The fourth-order valence-electron chi connectivity index (χ4n) is 1.74. The van der Waals surface area contributed by atoms with Crippen molar-refractivity contribution >= 4 is 33.0 Å². The molecule has 2 aromatic carbocycles. The van der Waals surface area contributed by atoms with Gasteiger partial charge in [0.05, 0.1) is 4.92 Å². The molecule has 0 radical (unpaired) electrons. The number of benzene rings is 2. The number of hydrogen-bond acceptors (Lipinski definition) is 4. The molecule has 0 atom stereocenters. The molecule has 6 heteroatoms. The van der Waals surface area contributed by atoms with E-state index in [1.807, 2.05) is 31.2 Å². The third-order valence-corrected chi connectivity index (χ3v) is 3.29. The molecule has 100 valence electrons. The largest absolute Gasteiger partial charge is 0.355 e. The van der Waals surface area contributed by atoms with Crippen LogP contribution in [0.2, 0.25) is 0 Å². The van der Waals surface area contributed by atoms with E-state index in [9.17, 15) is 10.1 Å². The van der Waals surface area contributed by atoms with Crippen molar-refractivity contribution in [2.24, 2.45) is 0 Å². The average Bonchev–Trinajstić information content (AvgIpc) is 2.42. The first-order chi connectivity index (χ1) is 9.51. The van der Waals surface area contributed by atoms with E-state index in [1.165, 1.54) is 12.1 Å². The van der Waals surface area contributed by atoms with Crippen molar-refractivity contribution in [3.63, 3.8) is 0 Å². The summed E-state index contributed by atoms with van der Waals surface area (Å²) in [6.45, 7) is 1.94. The lowest BCUT2D eigenvalue weighted by Crippen LogP contribution is -1.97. The molecule has 0 saturated carbocycles. The van der Waals surface area contributed by atoms with E-state index in [4.69, 9.17) is 5.26 Å². The SMILES string of the molecule is Cc1ccc(Br)cc1Nc1ccc(C#N)c([N+](=O)[O-])c1. The highest BCUT2D eigenvalue weighted by Gasteiger charge is 2.14. The summed E-state index contributed by atoms with van der Waals surface area (Å²) >= 11 is 3.38. The van der Waals surface area contributed by atoms with Gasteiger partial charge in [0.1, 0.15) is 11.6 Å². The maximum Gasteiger partial charge on any atom is 0.289 e. The van der Waals surface area contributed by atoms with Gasteiger partial charge in [-0.3, -0.25) is 10.1 Å². The lowest BCUT2D eigenvalue weighted by Gasteiger charge is -2.10. The van der Waals surface area contributed by atoms with Gasteiger partial charge in [-0.2, -0.15) is 5.26 Å². The summed E-state index contributed by atoms with van der Waals surface area (Å²) in [7, 11) is 0. The lowest BCUT2D eigenvalue weighted by atomic mass is 10.1. The highest BCUT2D eigenvalue weighted by atomic mass is 79.9. The quantitative estimate of drug-likeness (QED) is 0.672. The molecule has 0 spiro atoms. The van der Waals surface area contributed by atoms with Crippen molar-refractivity contribution in [1.82, 2.24) is 0 Å². The van der Waals surface area contributed by atoms with E-state index < -0.39 is 4.92 Å². The van der Waals surface area contributed by atoms with Crippen LogP contribution >= 0.6 is 15.9 Å². The summed E-state index contributed by atoms with van der Waals surface area (Å²) < 4.78 is 0.911. The van der Waals surface area contributed by atoms with Crippen LogP contribution in [-0.2, 0) is 0 Å². The summed E-state index contributed by atoms with van der Waals surface area (Å²) in [4.78, 5) is 10.4. The summed E-state index contributed by atoms with van der Waals surface area (Å²) in [5.41, 5.74) is 2.27. The first-order valence-corrected chi connectivity index (χ1v) is 6.52. The van der Waals surface area contributed by atoms with Gasteiger partial charge in [0.2, 0.25) is 0 Å². The Hall–Kier alpha value is -2.39. The number of rotatable bonds is 3. The second-order valence-corrected chi connectivity index (χ2v) is 5.10. The molecule has 0 amide bonds. The molecule has 1 N–H and O–H groups in total. The van der Waals surface area contributed by atoms with E-state index in [0.717, 1.165) is 15.7 Å². The molecular weight excluding hydrogens is 322 g/mol. The maximum atomic E-state index is 10.9. The molecule has 0 fully saturated rings. The maximum absolute atomic E-state index is 10.9. The summed E-state index contributed by atoms with van der Waals surface area (Å²) in [6.07, 6.45) is 0. The minimum Gasteiger partial charge on any atom is -0.355 e. The normalized spacial score (nSPS) is 9.85. The van der Waals surface area contributed by atoms with Gasteiger partial charge in [-0.05, 0) is 36.8 Å². The van der Waals surface area contributed by atoms with Crippen LogP contribution in [0, 0.1) is 28.4 Å². The topological polar surface area (TPSA) is 79.0 Å². The summed E-state index contributed by atoms with van der Waals surface area (Å²) in [6, 6.07) is 12.0. The van der Waals surface area contributed by atoms with Crippen molar-refractivity contribution < 1.29 is 4.92 Å². The van der Waals surface area contributed by atoms with Crippen molar-refractivity contribution in [1.29, 1.82) is 5.26 Å². The van der Waals surface area contributed by atoms with Crippen LogP contribution in [0.5, 0.6) is 0 Å². The zero-order valence-electron chi connectivity index (χ0n) is 10.6. The third-order valence-electron chi connectivity index (χ3n) is 2.79. The highest BCUT2D eigenvalue weighted by molar-refractivity contribution is 9.10. The van der Waals surface area contributed by atoms with Gasteiger partial charge in [-0.15, -0.1) is 0 Å². The monoisotopic (exact) mass is 331 g/mol. The van der Waals surface area contributed by atoms with Gasteiger partial charge in [-0.1, -0.05) is 22.0 Å². The number of halogens is 1. The van der Waals surface area contributed by atoms with Gasteiger partial charge in [0.15, 0.2) is 0 Å². The van der Waals surface area contributed by atoms with E-state index in [0.29, 0.717) is 5.69 Å². The Morgan fingerprint density at radius 2 is 2.05 bits per heavy atom. The molecule has 0 aliphatic rings. The first-order valence-electron chi connectivity index (χ1n) is 5.73. The van der Waals surface area contributed by atoms with Crippen LogP contribution in [-0.4, -0.2) is 4.92 Å². The molecule has 0 aliphatic heterocycles. The molecule has 0 unspecified atom stereocenters.